The summed E-state index contributed by atoms with van der Waals surface area (Å²) in [5.41, 5.74) is 5.28. The number of esters is 2. The summed E-state index contributed by atoms with van der Waals surface area (Å²) < 4.78 is 9.10. The summed E-state index contributed by atoms with van der Waals surface area (Å²) in [6.45, 7) is 5.13. The quantitative estimate of drug-likeness (QED) is 0.464. The largest absolute Gasteiger partial charge is 0.468 e. The SMILES string of the molecule is COC(=O)C(C(=O)OC)[C@@H](C)[C@H](NC(=O)CC(C)C)C(N)=O. The average molecular weight is 316 g/mol. The second kappa shape index (κ2) is 9.01. The highest BCUT2D eigenvalue weighted by atomic mass is 16.5. The standard InChI is InChI=1S/C14H24N2O6/c1-7(2)6-9(17)16-11(12(15)18)8(3)10(13(19)21-4)14(20)22-5/h7-8,10-11H,6H2,1-5H3,(H2,15,18)(H,16,17)/t8-,11+/m1/s1. The first-order valence-electron chi connectivity index (χ1n) is 6.90. The molecule has 8 heteroatoms. The van der Waals surface area contributed by atoms with E-state index in [1.807, 2.05) is 13.8 Å². The Kier molecular flexibility index (Phi) is 8.14. The van der Waals surface area contributed by atoms with Crippen LogP contribution in [0.15, 0.2) is 0 Å². The maximum Gasteiger partial charge on any atom is 0.320 e. The molecule has 0 spiro atoms. The summed E-state index contributed by atoms with van der Waals surface area (Å²) in [5.74, 6) is -5.13. The number of nitrogens with two attached hydrogens (primary N) is 1. The van der Waals surface area contributed by atoms with Gasteiger partial charge >= 0.3 is 11.9 Å². The number of hydrogen-bond acceptors (Lipinski definition) is 6. The van der Waals surface area contributed by atoms with E-state index in [4.69, 9.17) is 5.73 Å². The molecule has 126 valence electrons. The Morgan fingerprint density at radius 2 is 1.45 bits per heavy atom. The van der Waals surface area contributed by atoms with E-state index in [-0.39, 0.29) is 18.2 Å². The van der Waals surface area contributed by atoms with Gasteiger partial charge in [-0.2, -0.15) is 0 Å². The maximum absolute atomic E-state index is 11.8. The molecule has 0 saturated heterocycles. The Labute approximate surface area is 129 Å². The first kappa shape index (κ1) is 19.9. The minimum Gasteiger partial charge on any atom is -0.468 e. The maximum atomic E-state index is 11.8. The van der Waals surface area contributed by atoms with Gasteiger partial charge in [0.25, 0.3) is 0 Å². The van der Waals surface area contributed by atoms with Crippen molar-refractivity contribution in [3.05, 3.63) is 0 Å². The average Bonchev–Trinajstić information content (AvgIpc) is 2.42. The number of rotatable bonds is 8. The molecule has 22 heavy (non-hydrogen) atoms. The molecule has 0 aliphatic carbocycles. The molecule has 0 radical (unpaired) electrons. The van der Waals surface area contributed by atoms with Gasteiger partial charge < -0.3 is 20.5 Å². The van der Waals surface area contributed by atoms with Gasteiger partial charge in [-0.3, -0.25) is 19.2 Å². The van der Waals surface area contributed by atoms with Crippen molar-refractivity contribution >= 4 is 23.8 Å². The van der Waals surface area contributed by atoms with E-state index in [0.29, 0.717) is 0 Å². The number of carbonyl (C=O) groups is 4. The zero-order valence-corrected chi connectivity index (χ0v) is 13.5. The monoisotopic (exact) mass is 316 g/mol. The molecule has 0 bridgehead atoms. The van der Waals surface area contributed by atoms with Crippen molar-refractivity contribution in [2.45, 2.75) is 33.2 Å². The Bertz CT molecular complexity index is 419. The molecule has 0 aliphatic heterocycles. The number of carbonyl (C=O) groups excluding carboxylic acids is 4. The van der Waals surface area contributed by atoms with Crippen LogP contribution < -0.4 is 11.1 Å². The molecule has 0 saturated carbocycles. The zero-order valence-electron chi connectivity index (χ0n) is 13.5. The molecule has 3 N–H and O–H groups in total. The van der Waals surface area contributed by atoms with Gasteiger partial charge in [-0.15, -0.1) is 0 Å². The van der Waals surface area contributed by atoms with Crippen molar-refractivity contribution in [3.8, 4) is 0 Å². The molecule has 0 fully saturated rings. The van der Waals surface area contributed by atoms with Crippen LogP contribution in [0.1, 0.15) is 27.2 Å². The smallest absolute Gasteiger partial charge is 0.320 e. The van der Waals surface area contributed by atoms with Crippen LogP contribution in [-0.2, 0) is 28.7 Å². The van der Waals surface area contributed by atoms with Gasteiger partial charge in [-0.1, -0.05) is 20.8 Å². The van der Waals surface area contributed by atoms with Gasteiger partial charge in [0, 0.05) is 12.3 Å². The number of nitrogens with one attached hydrogen (secondary N) is 1. The van der Waals surface area contributed by atoms with Gasteiger partial charge in [-0.05, 0) is 5.92 Å². The van der Waals surface area contributed by atoms with Crippen LogP contribution in [0, 0.1) is 17.8 Å². The first-order chi connectivity index (χ1) is 10.1. The van der Waals surface area contributed by atoms with E-state index in [2.05, 4.69) is 14.8 Å². The first-order valence-corrected chi connectivity index (χ1v) is 6.90. The molecule has 0 aliphatic rings. The highest BCUT2D eigenvalue weighted by Crippen LogP contribution is 2.19. The minimum absolute atomic E-state index is 0.0841. The normalized spacial score (nSPS) is 13.4. The molecule has 0 aromatic rings. The molecule has 8 nitrogen and oxygen atoms in total. The van der Waals surface area contributed by atoms with E-state index >= 15 is 0 Å². The summed E-state index contributed by atoms with van der Waals surface area (Å²) in [5, 5.41) is 2.46. The summed E-state index contributed by atoms with van der Waals surface area (Å²) in [6, 6.07) is -1.19. The van der Waals surface area contributed by atoms with Crippen molar-refractivity contribution in [3.63, 3.8) is 0 Å². The fraction of sp³-hybridized carbons (Fsp3) is 0.714. The van der Waals surface area contributed by atoms with E-state index in [9.17, 15) is 19.2 Å². The molecule has 2 amide bonds. The molecule has 0 rings (SSSR count). The lowest BCUT2D eigenvalue weighted by atomic mass is 9.86. The Balaban J connectivity index is 5.28. The number of methoxy groups -OCH3 is 2. The summed E-state index contributed by atoms with van der Waals surface area (Å²) in [7, 11) is 2.23. The highest BCUT2D eigenvalue weighted by Gasteiger charge is 2.41. The highest BCUT2D eigenvalue weighted by molar-refractivity contribution is 5.97. The lowest BCUT2D eigenvalue weighted by molar-refractivity contribution is -0.162. The molecule has 0 aromatic carbocycles. The van der Waals surface area contributed by atoms with Crippen LogP contribution >= 0.6 is 0 Å². The fourth-order valence-corrected chi connectivity index (χ4v) is 2.04. The molecule has 0 aromatic heterocycles. The van der Waals surface area contributed by atoms with Gasteiger partial charge in [0.1, 0.15) is 6.04 Å². The Morgan fingerprint density at radius 1 is 1.00 bits per heavy atom. The number of amides is 2. The lowest BCUT2D eigenvalue weighted by Gasteiger charge is -2.26. The fourth-order valence-electron chi connectivity index (χ4n) is 2.04. The van der Waals surface area contributed by atoms with Crippen molar-refractivity contribution in [1.82, 2.24) is 5.32 Å². The van der Waals surface area contributed by atoms with Crippen LogP contribution in [0.2, 0.25) is 0 Å². The van der Waals surface area contributed by atoms with Crippen LogP contribution in [0.4, 0.5) is 0 Å². The lowest BCUT2D eigenvalue weighted by Crippen LogP contribution is -2.53. The van der Waals surface area contributed by atoms with E-state index in [1.54, 1.807) is 0 Å². The van der Waals surface area contributed by atoms with Crippen molar-refractivity contribution < 1.29 is 28.7 Å². The Hall–Kier alpha value is -2.12. The molecule has 0 heterocycles. The van der Waals surface area contributed by atoms with Gasteiger partial charge in [0.2, 0.25) is 11.8 Å². The van der Waals surface area contributed by atoms with Crippen LogP contribution in [-0.4, -0.2) is 44.0 Å². The third-order valence-electron chi connectivity index (χ3n) is 3.18. The molecule has 2 atom stereocenters. The van der Waals surface area contributed by atoms with Crippen LogP contribution in [0.5, 0.6) is 0 Å². The third-order valence-corrected chi connectivity index (χ3v) is 3.18. The zero-order chi connectivity index (χ0) is 17.4. The number of primary amides is 1. The van der Waals surface area contributed by atoms with Crippen LogP contribution in [0.25, 0.3) is 0 Å². The summed E-state index contributed by atoms with van der Waals surface area (Å²) >= 11 is 0. The van der Waals surface area contributed by atoms with Gasteiger partial charge in [0.05, 0.1) is 14.2 Å². The topological polar surface area (TPSA) is 125 Å². The summed E-state index contributed by atoms with van der Waals surface area (Å²) in [6.07, 6.45) is 0.192. The molecular formula is C14H24N2O6. The predicted molar refractivity (Wildman–Crippen MR) is 77.3 cm³/mol. The second-order valence-corrected chi connectivity index (χ2v) is 5.43. The minimum atomic E-state index is -1.35. The second-order valence-electron chi connectivity index (χ2n) is 5.43. The predicted octanol–water partition coefficient (Wildman–Crippen LogP) is -0.399. The third kappa shape index (κ3) is 5.71. The van der Waals surface area contributed by atoms with E-state index in [1.165, 1.54) is 6.92 Å². The number of hydrogen-bond donors (Lipinski definition) is 2. The van der Waals surface area contributed by atoms with E-state index in [0.717, 1.165) is 14.2 Å². The van der Waals surface area contributed by atoms with Crippen molar-refractivity contribution in [2.24, 2.45) is 23.5 Å². The molecular weight excluding hydrogens is 292 g/mol. The van der Waals surface area contributed by atoms with Crippen molar-refractivity contribution in [1.29, 1.82) is 0 Å². The Morgan fingerprint density at radius 3 is 1.77 bits per heavy atom. The van der Waals surface area contributed by atoms with E-state index < -0.39 is 35.7 Å². The number of ether oxygens (including phenoxy) is 2. The molecule has 0 unspecified atom stereocenters. The van der Waals surface area contributed by atoms with Crippen LogP contribution in [0.3, 0.4) is 0 Å². The van der Waals surface area contributed by atoms with Crippen molar-refractivity contribution in [2.75, 3.05) is 14.2 Å². The van der Waals surface area contributed by atoms with Gasteiger partial charge in [-0.25, -0.2) is 0 Å². The summed E-state index contributed by atoms with van der Waals surface area (Å²) in [4.78, 5) is 46.9. The van der Waals surface area contributed by atoms with Gasteiger partial charge in [0.15, 0.2) is 5.92 Å².